The minimum absolute atomic E-state index is 0.120. The van der Waals surface area contributed by atoms with E-state index in [1.165, 1.54) is 18.4 Å². The van der Waals surface area contributed by atoms with E-state index in [1.807, 2.05) is 12.1 Å². The van der Waals surface area contributed by atoms with E-state index in [9.17, 15) is 4.79 Å². The second-order valence-corrected chi connectivity index (χ2v) is 8.50. The van der Waals surface area contributed by atoms with Crippen molar-refractivity contribution in [3.8, 4) is 0 Å². The van der Waals surface area contributed by atoms with Crippen LogP contribution in [0.25, 0.3) is 0 Å². The lowest BCUT2D eigenvalue weighted by Crippen LogP contribution is -2.47. The number of hydrogen-bond acceptors (Lipinski definition) is 3. The van der Waals surface area contributed by atoms with E-state index in [2.05, 4.69) is 59.2 Å². The molecule has 0 atom stereocenters. The Balaban J connectivity index is 1.48. The molecule has 27 heavy (non-hydrogen) atoms. The van der Waals surface area contributed by atoms with Gasteiger partial charge in [-0.1, -0.05) is 30.3 Å². The van der Waals surface area contributed by atoms with Crippen LogP contribution < -0.4 is 0 Å². The van der Waals surface area contributed by atoms with Gasteiger partial charge in [-0.3, -0.25) is 14.7 Å². The number of rotatable bonds is 3. The molecule has 2 aliphatic rings. The van der Waals surface area contributed by atoms with Crippen LogP contribution in [0.5, 0.6) is 0 Å². The molecule has 0 unspecified atom stereocenters. The summed E-state index contributed by atoms with van der Waals surface area (Å²) in [5.74, 6) is 0.154. The zero-order chi connectivity index (χ0) is 18.9. The molecule has 0 bridgehead atoms. The number of nitrogens with zero attached hydrogens (tertiary/aromatic N) is 3. The molecule has 1 saturated carbocycles. The Morgan fingerprint density at radius 1 is 0.963 bits per heavy atom. The molecule has 0 radical (unpaired) electrons. The van der Waals surface area contributed by atoms with Crippen molar-refractivity contribution in [2.45, 2.75) is 37.6 Å². The van der Waals surface area contributed by atoms with E-state index in [0.717, 1.165) is 37.9 Å². The van der Waals surface area contributed by atoms with Gasteiger partial charge in [-0.15, -0.1) is 0 Å². The number of likely N-dealkylation sites (tertiary alicyclic amines) is 1. The van der Waals surface area contributed by atoms with Gasteiger partial charge in [-0.2, -0.15) is 0 Å². The van der Waals surface area contributed by atoms with Crippen molar-refractivity contribution in [2.24, 2.45) is 5.41 Å². The highest BCUT2D eigenvalue weighted by molar-refractivity contribution is 5.94. The van der Waals surface area contributed by atoms with E-state index in [0.29, 0.717) is 0 Å². The van der Waals surface area contributed by atoms with E-state index in [4.69, 9.17) is 0 Å². The number of aromatic nitrogens is 1. The van der Waals surface area contributed by atoms with Crippen LogP contribution >= 0.6 is 0 Å². The Morgan fingerprint density at radius 2 is 1.63 bits per heavy atom. The number of hydrogen-bond donors (Lipinski definition) is 0. The third-order valence-electron chi connectivity index (χ3n) is 6.96. The van der Waals surface area contributed by atoms with Gasteiger partial charge in [0.15, 0.2) is 0 Å². The molecule has 2 heterocycles. The first-order valence-corrected chi connectivity index (χ1v) is 9.97. The highest BCUT2D eigenvalue weighted by Gasteiger charge is 2.48. The lowest BCUT2D eigenvalue weighted by Gasteiger charge is -2.49. The fourth-order valence-corrected chi connectivity index (χ4v) is 5.13. The Kier molecular flexibility index (Phi) is 4.77. The Hall–Kier alpha value is -2.20. The standard InChI is InChI=1S/C23H29N3O/c1-25(2)23(20-6-4-3-5-7-20)12-10-22(11-13-23)14-17-26(18-22)21(27)19-8-15-24-16-9-19/h3-9,15-16H,10-14,17-18H2,1-2H3. The molecule has 2 aromatic rings. The van der Waals surface area contributed by atoms with E-state index in [1.54, 1.807) is 12.4 Å². The van der Waals surface area contributed by atoms with Gasteiger partial charge >= 0.3 is 0 Å². The van der Waals surface area contributed by atoms with Crippen LogP contribution in [0.15, 0.2) is 54.9 Å². The van der Waals surface area contributed by atoms with E-state index >= 15 is 0 Å². The van der Waals surface area contributed by atoms with Crippen LogP contribution in [0.4, 0.5) is 0 Å². The zero-order valence-corrected chi connectivity index (χ0v) is 16.4. The average molecular weight is 364 g/mol. The summed E-state index contributed by atoms with van der Waals surface area (Å²) in [6.45, 7) is 1.77. The number of carbonyl (C=O) groups is 1. The topological polar surface area (TPSA) is 36.4 Å². The second kappa shape index (κ2) is 7.08. The molecule has 1 amide bonds. The van der Waals surface area contributed by atoms with Crippen molar-refractivity contribution in [3.63, 3.8) is 0 Å². The summed E-state index contributed by atoms with van der Waals surface area (Å²) in [4.78, 5) is 21.3. The van der Waals surface area contributed by atoms with Crippen LogP contribution in [0.2, 0.25) is 0 Å². The van der Waals surface area contributed by atoms with Gasteiger partial charge in [0.2, 0.25) is 0 Å². The van der Waals surface area contributed by atoms with Crippen molar-refractivity contribution in [3.05, 3.63) is 66.0 Å². The van der Waals surface area contributed by atoms with E-state index < -0.39 is 0 Å². The van der Waals surface area contributed by atoms with Gasteiger partial charge < -0.3 is 4.90 Å². The Labute approximate surface area is 162 Å². The van der Waals surface area contributed by atoms with Crippen LogP contribution in [0.1, 0.15) is 48.0 Å². The third-order valence-corrected chi connectivity index (χ3v) is 6.96. The van der Waals surface area contributed by atoms with Gasteiger partial charge in [0.05, 0.1) is 0 Å². The molecular weight excluding hydrogens is 334 g/mol. The average Bonchev–Trinajstić information content (AvgIpc) is 3.13. The van der Waals surface area contributed by atoms with Gasteiger partial charge in [-0.05, 0) is 69.3 Å². The summed E-state index contributed by atoms with van der Waals surface area (Å²) in [6, 6.07) is 14.6. The summed E-state index contributed by atoms with van der Waals surface area (Å²) in [7, 11) is 4.41. The molecule has 142 valence electrons. The van der Waals surface area contributed by atoms with Crippen LogP contribution in [-0.4, -0.2) is 47.9 Å². The summed E-state index contributed by atoms with van der Waals surface area (Å²) in [6.07, 6.45) is 9.20. The Bertz CT molecular complexity index is 780. The molecule has 4 heteroatoms. The number of amides is 1. The fraction of sp³-hybridized carbons (Fsp3) is 0.478. The summed E-state index contributed by atoms with van der Waals surface area (Å²) >= 11 is 0. The fourth-order valence-electron chi connectivity index (χ4n) is 5.13. The highest BCUT2D eigenvalue weighted by Crippen LogP contribution is 2.51. The van der Waals surface area contributed by atoms with Crippen LogP contribution in [0.3, 0.4) is 0 Å². The van der Waals surface area contributed by atoms with Crippen LogP contribution in [0, 0.1) is 5.41 Å². The van der Waals surface area contributed by atoms with Crippen molar-refractivity contribution in [1.82, 2.24) is 14.8 Å². The first-order chi connectivity index (χ1) is 13.0. The molecule has 1 aromatic carbocycles. The molecule has 1 aliphatic carbocycles. The summed E-state index contributed by atoms with van der Waals surface area (Å²) < 4.78 is 0. The molecule has 4 nitrogen and oxygen atoms in total. The zero-order valence-electron chi connectivity index (χ0n) is 16.4. The summed E-state index contributed by atoms with van der Waals surface area (Å²) in [5, 5.41) is 0. The predicted octanol–water partition coefficient (Wildman–Crippen LogP) is 3.95. The molecule has 1 saturated heterocycles. The maximum Gasteiger partial charge on any atom is 0.253 e. The van der Waals surface area contributed by atoms with Crippen molar-refractivity contribution in [1.29, 1.82) is 0 Å². The normalized spacial score (nSPS) is 28.0. The third kappa shape index (κ3) is 3.27. The highest BCUT2D eigenvalue weighted by atomic mass is 16.2. The molecule has 1 aromatic heterocycles. The first-order valence-electron chi connectivity index (χ1n) is 9.97. The van der Waals surface area contributed by atoms with Gasteiger partial charge in [0.1, 0.15) is 0 Å². The number of carbonyl (C=O) groups excluding carboxylic acids is 1. The summed E-state index contributed by atoms with van der Waals surface area (Å²) in [5.41, 5.74) is 2.59. The first kappa shape index (κ1) is 18.2. The minimum Gasteiger partial charge on any atom is -0.338 e. The number of pyridine rings is 1. The van der Waals surface area contributed by atoms with Crippen molar-refractivity contribution >= 4 is 5.91 Å². The molecule has 1 aliphatic heterocycles. The van der Waals surface area contributed by atoms with Crippen LogP contribution in [-0.2, 0) is 5.54 Å². The van der Waals surface area contributed by atoms with Crippen molar-refractivity contribution in [2.75, 3.05) is 27.2 Å². The largest absolute Gasteiger partial charge is 0.338 e. The van der Waals surface area contributed by atoms with Gasteiger partial charge in [0.25, 0.3) is 5.91 Å². The minimum atomic E-state index is 0.120. The van der Waals surface area contributed by atoms with E-state index in [-0.39, 0.29) is 16.9 Å². The smallest absolute Gasteiger partial charge is 0.253 e. The Morgan fingerprint density at radius 3 is 2.26 bits per heavy atom. The van der Waals surface area contributed by atoms with Gasteiger partial charge in [0, 0.05) is 36.6 Å². The molecule has 1 spiro atoms. The van der Waals surface area contributed by atoms with Crippen molar-refractivity contribution < 1.29 is 4.79 Å². The quantitative estimate of drug-likeness (QED) is 0.829. The van der Waals surface area contributed by atoms with Gasteiger partial charge in [-0.25, -0.2) is 0 Å². The lowest BCUT2D eigenvalue weighted by atomic mass is 9.64. The maximum atomic E-state index is 12.8. The molecule has 0 N–H and O–H groups in total. The molecular formula is C23H29N3O. The molecule has 4 rings (SSSR count). The molecule has 2 fully saturated rings. The lowest BCUT2D eigenvalue weighted by molar-refractivity contribution is 0.0370. The SMILES string of the molecule is CN(C)C1(c2ccccc2)CCC2(CCN(C(=O)c3ccncc3)C2)CC1. The monoisotopic (exact) mass is 363 g/mol. The maximum absolute atomic E-state index is 12.8. The predicted molar refractivity (Wildman–Crippen MR) is 107 cm³/mol. The second-order valence-electron chi connectivity index (χ2n) is 8.50. The number of benzene rings is 1.